The molecular formula is C10H14N2O4. The Hall–Kier alpha value is -1.59. The predicted molar refractivity (Wildman–Crippen MR) is 53.4 cm³/mol. The van der Waals surface area contributed by atoms with E-state index in [1.165, 1.54) is 0 Å². The molecule has 2 heterocycles. The van der Waals surface area contributed by atoms with Crippen molar-refractivity contribution in [2.45, 2.75) is 12.8 Å². The van der Waals surface area contributed by atoms with Crippen LogP contribution < -0.4 is 5.32 Å². The quantitative estimate of drug-likeness (QED) is 0.636. The topological polar surface area (TPSA) is 86.7 Å². The van der Waals surface area contributed by atoms with Crippen molar-refractivity contribution in [2.75, 3.05) is 19.6 Å². The van der Waals surface area contributed by atoms with Gasteiger partial charge < -0.3 is 15.3 Å². The minimum absolute atomic E-state index is 0.0175. The lowest BCUT2D eigenvalue weighted by Crippen LogP contribution is -2.56. The van der Waals surface area contributed by atoms with E-state index < -0.39 is 11.9 Å². The van der Waals surface area contributed by atoms with Crippen LogP contribution in [0.1, 0.15) is 12.8 Å². The summed E-state index contributed by atoms with van der Waals surface area (Å²) < 4.78 is 0. The van der Waals surface area contributed by atoms with E-state index in [-0.39, 0.29) is 17.7 Å². The molecule has 0 aromatic carbocycles. The number of aliphatic carboxylic acids is 1. The Morgan fingerprint density at radius 2 is 2.00 bits per heavy atom. The Balaban J connectivity index is 1.81. The van der Waals surface area contributed by atoms with Gasteiger partial charge in [-0.1, -0.05) is 0 Å². The molecule has 0 aliphatic carbocycles. The van der Waals surface area contributed by atoms with Gasteiger partial charge in [0.05, 0.1) is 11.8 Å². The summed E-state index contributed by atoms with van der Waals surface area (Å²) in [5.74, 6) is -1.48. The highest BCUT2D eigenvalue weighted by atomic mass is 16.4. The fraction of sp³-hybridized carbons (Fsp3) is 0.700. The minimum Gasteiger partial charge on any atom is -0.481 e. The number of carbonyl (C=O) groups excluding carboxylic acids is 2. The summed E-state index contributed by atoms with van der Waals surface area (Å²) in [7, 11) is 0. The molecule has 0 aromatic heterocycles. The highest BCUT2D eigenvalue weighted by molar-refractivity contribution is 5.85. The van der Waals surface area contributed by atoms with E-state index in [1.54, 1.807) is 4.90 Å². The van der Waals surface area contributed by atoms with Gasteiger partial charge in [0.15, 0.2) is 0 Å². The van der Waals surface area contributed by atoms with E-state index in [2.05, 4.69) is 5.32 Å². The molecule has 1 atom stereocenters. The van der Waals surface area contributed by atoms with Crippen LogP contribution in [0.15, 0.2) is 0 Å². The number of piperidine rings is 1. The highest BCUT2D eigenvalue weighted by Gasteiger charge is 2.38. The largest absolute Gasteiger partial charge is 0.481 e. The number of nitrogens with zero attached hydrogens (tertiary/aromatic N) is 1. The second-order valence-electron chi connectivity index (χ2n) is 4.32. The first-order valence-corrected chi connectivity index (χ1v) is 5.36. The van der Waals surface area contributed by atoms with Gasteiger partial charge in [-0.3, -0.25) is 14.4 Å². The molecule has 6 nitrogen and oxygen atoms in total. The van der Waals surface area contributed by atoms with Crippen LogP contribution in [0.3, 0.4) is 0 Å². The van der Waals surface area contributed by atoms with Crippen LogP contribution in [0.4, 0.5) is 0 Å². The zero-order valence-electron chi connectivity index (χ0n) is 8.81. The molecule has 2 aliphatic heterocycles. The van der Waals surface area contributed by atoms with E-state index in [0.717, 1.165) is 0 Å². The first-order valence-electron chi connectivity index (χ1n) is 5.36. The van der Waals surface area contributed by atoms with E-state index in [4.69, 9.17) is 5.11 Å². The number of hydrogen-bond donors (Lipinski definition) is 2. The predicted octanol–water partition coefficient (Wildman–Crippen LogP) is -0.944. The Morgan fingerprint density at radius 3 is 2.50 bits per heavy atom. The average molecular weight is 226 g/mol. The Morgan fingerprint density at radius 1 is 1.31 bits per heavy atom. The molecule has 88 valence electrons. The van der Waals surface area contributed by atoms with Gasteiger partial charge in [-0.2, -0.15) is 0 Å². The second-order valence-corrected chi connectivity index (χ2v) is 4.32. The molecule has 2 fully saturated rings. The third-order valence-electron chi connectivity index (χ3n) is 3.16. The number of amides is 2. The molecule has 0 radical (unpaired) electrons. The third kappa shape index (κ3) is 2.00. The van der Waals surface area contributed by atoms with Crippen molar-refractivity contribution in [1.82, 2.24) is 10.2 Å². The van der Waals surface area contributed by atoms with E-state index in [9.17, 15) is 14.4 Å². The summed E-state index contributed by atoms with van der Waals surface area (Å²) in [5, 5.41) is 11.3. The zero-order chi connectivity index (χ0) is 11.7. The van der Waals surface area contributed by atoms with Crippen molar-refractivity contribution in [3.05, 3.63) is 0 Å². The first-order chi connectivity index (χ1) is 7.58. The monoisotopic (exact) mass is 226 g/mol. The fourth-order valence-electron chi connectivity index (χ4n) is 2.02. The van der Waals surface area contributed by atoms with E-state index in [0.29, 0.717) is 32.5 Å². The molecule has 0 saturated carbocycles. The van der Waals surface area contributed by atoms with Crippen molar-refractivity contribution in [2.24, 2.45) is 11.8 Å². The highest BCUT2D eigenvalue weighted by Crippen LogP contribution is 2.21. The van der Waals surface area contributed by atoms with Gasteiger partial charge in [0, 0.05) is 26.1 Å². The number of carboxylic acids is 1. The zero-order valence-corrected chi connectivity index (χ0v) is 8.81. The number of rotatable bonds is 2. The lowest BCUT2D eigenvalue weighted by Gasteiger charge is -2.39. The average Bonchev–Trinajstić information content (AvgIpc) is 2.15. The maximum absolute atomic E-state index is 11.8. The van der Waals surface area contributed by atoms with Crippen LogP contribution in [0.2, 0.25) is 0 Å². The summed E-state index contributed by atoms with van der Waals surface area (Å²) in [6.45, 7) is 0.989. The van der Waals surface area contributed by atoms with Crippen LogP contribution in [0, 0.1) is 11.8 Å². The normalized spacial score (nSPS) is 25.9. The van der Waals surface area contributed by atoms with Crippen LogP contribution in [-0.2, 0) is 14.4 Å². The molecule has 2 aliphatic rings. The Bertz CT molecular complexity index is 326. The number of hydrogen-bond acceptors (Lipinski definition) is 3. The maximum atomic E-state index is 11.8. The van der Waals surface area contributed by atoms with Crippen LogP contribution in [-0.4, -0.2) is 47.4 Å². The van der Waals surface area contributed by atoms with Crippen LogP contribution >= 0.6 is 0 Å². The Kier molecular flexibility index (Phi) is 2.80. The lowest BCUT2D eigenvalue weighted by molar-refractivity contribution is -0.154. The van der Waals surface area contributed by atoms with Gasteiger partial charge >= 0.3 is 5.97 Å². The first kappa shape index (κ1) is 10.9. The second kappa shape index (κ2) is 4.11. The van der Waals surface area contributed by atoms with Crippen molar-refractivity contribution in [3.63, 3.8) is 0 Å². The molecule has 1 unspecified atom stereocenters. The molecule has 2 saturated heterocycles. The summed E-state index contributed by atoms with van der Waals surface area (Å²) in [6.07, 6.45) is 0.950. The van der Waals surface area contributed by atoms with Gasteiger partial charge in [-0.15, -0.1) is 0 Å². The Labute approximate surface area is 92.6 Å². The number of carboxylic acid groups (broad SMARTS) is 1. The SMILES string of the molecule is O=C1CCC(C(=O)N2CC(C(=O)O)C2)CN1. The number of nitrogens with one attached hydrogen (secondary N) is 1. The number of carbonyl (C=O) groups is 3. The van der Waals surface area contributed by atoms with E-state index in [1.807, 2.05) is 0 Å². The molecule has 2 amide bonds. The van der Waals surface area contributed by atoms with Crippen LogP contribution in [0.5, 0.6) is 0 Å². The van der Waals surface area contributed by atoms with Gasteiger partial charge in [-0.25, -0.2) is 0 Å². The lowest BCUT2D eigenvalue weighted by atomic mass is 9.93. The molecular weight excluding hydrogens is 212 g/mol. The molecule has 2 rings (SSSR count). The van der Waals surface area contributed by atoms with Crippen molar-refractivity contribution in [3.8, 4) is 0 Å². The van der Waals surface area contributed by atoms with Gasteiger partial charge in [0.2, 0.25) is 11.8 Å². The van der Waals surface area contributed by atoms with Crippen molar-refractivity contribution < 1.29 is 19.5 Å². The third-order valence-corrected chi connectivity index (χ3v) is 3.16. The molecule has 6 heteroatoms. The summed E-state index contributed by atoms with van der Waals surface area (Å²) in [4.78, 5) is 34.9. The summed E-state index contributed by atoms with van der Waals surface area (Å²) in [6, 6.07) is 0. The minimum atomic E-state index is -0.846. The van der Waals surface area contributed by atoms with Crippen molar-refractivity contribution >= 4 is 17.8 Å². The summed E-state index contributed by atoms with van der Waals surface area (Å²) >= 11 is 0. The van der Waals surface area contributed by atoms with Crippen LogP contribution in [0.25, 0.3) is 0 Å². The number of likely N-dealkylation sites (tertiary alicyclic amines) is 1. The van der Waals surface area contributed by atoms with Gasteiger partial charge in [0.1, 0.15) is 0 Å². The standard InChI is InChI=1S/C10H14N2O4/c13-8-2-1-6(3-11-8)9(14)12-4-7(5-12)10(15)16/h6-7H,1-5H2,(H,11,13)(H,15,16). The van der Waals surface area contributed by atoms with Gasteiger partial charge in [0.25, 0.3) is 0 Å². The molecule has 0 bridgehead atoms. The fourth-order valence-corrected chi connectivity index (χ4v) is 2.02. The molecule has 0 aromatic rings. The smallest absolute Gasteiger partial charge is 0.310 e. The molecule has 2 N–H and O–H groups in total. The van der Waals surface area contributed by atoms with E-state index >= 15 is 0 Å². The van der Waals surface area contributed by atoms with Gasteiger partial charge in [-0.05, 0) is 6.42 Å². The summed E-state index contributed by atoms with van der Waals surface area (Å²) in [5.41, 5.74) is 0. The molecule has 16 heavy (non-hydrogen) atoms. The maximum Gasteiger partial charge on any atom is 0.310 e. The molecule has 0 spiro atoms. The van der Waals surface area contributed by atoms with Crippen molar-refractivity contribution in [1.29, 1.82) is 0 Å².